The maximum Gasteiger partial charge on any atom is 0.326 e. The number of carbonyl (C=O) groups excluding carboxylic acids is 3. The van der Waals surface area contributed by atoms with Crippen molar-refractivity contribution in [3.63, 3.8) is 0 Å². The number of rotatable bonds is 10. The first-order valence-electron chi connectivity index (χ1n) is 9.37. The standard InChI is InChI=1S/C17H26N6O6S/c18-10(7-30)14(25)22-12(6-24)16(27)23-3-1-2-13(23)15(26)21-11(17(28)29)4-9-5-19-8-20-9/h5,8,10-13,24,30H,1-4,6-7,18H2,(H,19,20)(H,21,26)(H,22,25)(H,28,29). The number of hydrogen-bond donors (Lipinski definition) is 7. The molecule has 0 radical (unpaired) electrons. The van der Waals surface area contributed by atoms with Crippen molar-refractivity contribution in [2.75, 3.05) is 18.9 Å². The van der Waals surface area contributed by atoms with E-state index in [1.807, 2.05) is 0 Å². The fraction of sp³-hybridized carbons (Fsp3) is 0.588. The van der Waals surface area contributed by atoms with E-state index in [0.717, 1.165) is 0 Å². The molecule has 3 amide bonds. The summed E-state index contributed by atoms with van der Waals surface area (Å²) in [4.78, 5) is 56.8. The van der Waals surface area contributed by atoms with Crippen molar-refractivity contribution in [2.24, 2.45) is 5.73 Å². The van der Waals surface area contributed by atoms with Gasteiger partial charge in [-0.25, -0.2) is 9.78 Å². The van der Waals surface area contributed by atoms with Crippen LogP contribution in [0.5, 0.6) is 0 Å². The lowest BCUT2D eigenvalue weighted by molar-refractivity contribution is -0.145. The zero-order valence-corrected chi connectivity index (χ0v) is 17.0. The van der Waals surface area contributed by atoms with Crippen LogP contribution in [-0.2, 0) is 25.6 Å². The Labute approximate surface area is 178 Å². The van der Waals surface area contributed by atoms with Gasteiger partial charge in [-0.2, -0.15) is 12.6 Å². The second kappa shape index (κ2) is 10.9. The van der Waals surface area contributed by atoms with Crippen LogP contribution in [0.15, 0.2) is 12.5 Å². The van der Waals surface area contributed by atoms with Crippen LogP contribution in [0.3, 0.4) is 0 Å². The fourth-order valence-corrected chi connectivity index (χ4v) is 3.30. The summed E-state index contributed by atoms with van der Waals surface area (Å²) in [6.45, 7) is -0.438. The SMILES string of the molecule is NC(CS)C(=O)NC(CO)C(=O)N1CCCC1C(=O)NC(Cc1cnc[nH]1)C(=O)O. The third-order valence-electron chi connectivity index (χ3n) is 4.76. The maximum absolute atomic E-state index is 12.8. The molecule has 1 fully saturated rings. The van der Waals surface area contributed by atoms with Crippen molar-refractivity contribution < 1.29 is 29.4 Å². The normalized spacial score (nSPS) is 19.0. The van der Waals surface area contributed by atoms with Crippen LogP contribution in [0.2, 0.25) is 0 Å². The minimum atomic E-state index is -1.27. The van der Waals surface area contributed by atoms with E-state index in [-0.39, 0.29) is 18.7 Å². The van der Waals surface area contributed by atoms with Crippen LogP contribution in [0.1, 0.15) is 18.5 Å². The first kappa shape index (κ1) is 23.6. The highest BCUT2D eigenvalue weighted by atomic mass is 32.1. The summed E-state index contributed by atoms with van der Waals surface area (Å²) in [7, 11) is 0. The molecule has 13 heteroatoms. The lowest BCUT2D eigenvalue weighted by atomic mass is 10.1. The van der Waals surface area contributed by atoms with Gasteiger partial charge in [0.25, 0.3) is 0 Å². The molecule has 1 aromatic rings. The molecule has 2 rings (SSSR count). The number of aromatic amines is 1. The van der Waals surface area contributed by atoms with Crippen LogP contribution in [-0.4, -0.2) is 91.8 Å². The van der Waals surface area contributed by atoms with Gasteiger partial charge in [0.05, 0.1) is 19.0 Å². The average molecular weight is 442 g/mol. The van der Waals surface area contributed by atoms with Gasteiger partial charge >= 0.3 is 5.97 Å². The average Bonchev–Trinajstić information content (AvgIpc) is 3.41. The third-order valence-corrected chi connectivity index (χ3v) is 5.16. The van der Waals surface area contributed by atoms with Crippen LogP contribution in [0.4, 0.5) is 0 Å². The Morgan fingerprint density at radius 2 is 2.07 bits per heavy atom. The number of imidazole rings is 1. The highest BCUT2D eigenvalue weighted by molar-refractivity contribution is 7.80. The Morgan fingerprint density at radius 1 is 1.33 bits per heavy atom. The molecular weight excluding hydrogens is 416 g/mol. The molecule has 4 atom stereocenters. The fourth-order valence-electron chi connectivity index (χ4n) is 3.13. The van der Waals surface area contributed by atoms with Crippen molar-refractivity contribution in [3.05, 3.63) is 18.2 Å². The Bertz CT molecular complexity index is 760. The van der Waals surface area contributed by atoms with Crippen molar-refractivity contribution in [1.29, 1.82) is 0 Å². The number of likely N-dealkylation sites (tertiary alicyclic amines) is 1. The minimum Gasteiger partial charge on any atom is -0.480 e. The Hall–Kier alpha value is -2.64. The van der Waals surface area contributed by atoms with E-state index in [9.17, 15) is 29.4 Å². The topological polar surface area (TPSA) is 191 Å². The molecule has 0 aromatic carbocycles. The zero-order valence-electron chi connectivity index (χ0n) is 16.2. The number of aliphatic hydroxyl groups excluding tert-OH is 1. The second-order valence-electron chi connectivity index (χ2n) is 6.90. The Balaban J connectivity index is 2.05. The van der Waals surface area contributed by atoms with E-state index >= 15 is 0 Å². The number of nitrogens with two attached hydrogens (primary N) is 1. The summed E-state index contributed by atoms with van der Waals surface area (Å²) in [6, 6.07) is -4.34. The number of amides is 3. The molecular formula is C17H26N6O6S. The van der Waals surface area contributed by atoms with Gasteiger partial charge in [0.15, 0.2) is 0 Å². The van der Waals surface area contributed by atoms with E-state index < -0.39 is 54.5 Å². The summed E-state index contributed by atoms with van der Waals surface area (Å²) in [5.41, 5.74) is 6.10. The van der Waals surface area contributed by atoms with Crippen molar-refractivity contribution in [2.45, 2.75) is 43.4 Å². The summed E-state index contributed by atoms with van der Waals surface area (Å²) < 4.78 is 0. The third kappa shape index (κ3) is 5.93. The van der Waals surface area contributed by atoms with E-state index in [1.165, 1.54) is 17.4 Å². The molecule has 0 bridgehead atoms. The van der Waals surface area contributed by atoms with Gasteiger partial charge < -0.3 is 36.5 Å². The van der Waals surface area contributed by atoms with Gasteiger partial charge in [0, 0.05) is 30.6 Å². The molecule has 1 saturated heterocycles. The zero-order chi connectivity index (χ0) is 22.3. The van der Waals surface area contributed by atoms with Gasteiger partial charge in [-0.3, -0.25) is 14.4 Å². The number of hydrogen-bond acceptors (Lipinski definition) is 8. The molecule has 2 heterocycles. The highest BCUT2D eigenvalue weighted by Gasteiger charge is 2.39. The van der Waals surface area contributed by atoms with E-state index in [1.54, 1.807) is 0 Å². The predicted molar refractivity (Wildman–Crippen MR) is 107 cm³/mol. The molecule has 7 N–H and O–H groups in total. The number of aliphatic hydroxyl groups is 1. The highest BCUT2D eigenvalue weighted by Crippen LogP contribution is 2.19. The summed E-state index contributed by atoms with van der Waals surface area (Å²) >= 11 is 3.92. The van der Waals surface area contributed by atoms with Crippen molar-refractivity contribution >= 4 is 36.3 Å². The second-order valence-corrected chi connectivity index (χ2v) is 7.27. The molecule has 166 valence electrons. The quantitative estimate of drug-likeness (QED) is 0.190. The van der Waals surface area contributed by atoms with Gasteiger partial charge in [-0.05, 0) is 12.8 Å². The van der Waals surface area contributed by atoms with Crippen LogP contribution >= 0.6 is 12.6 Å². The number of carboxylic acids is 1. The van der Waals surface area contributed by atoms with Crippen LogP contribution in [0.25, 0.3) is 0 Å². The van der Waals surface area contributed by atoms with Crippen molar-refractivity contribution in [3.8, 4) is 0 Å². The number of nitrogens with one attached hydrogen (secondary N) is 3. The molecule has 1 aromatic heterocycles. The predicted octanol–water partition coefficient (Wildman–Crippen LogP) is -2.75. The summed E-state index contributed by atoms with van der Waals surface area (Å²) in [5.74, 6) is -3.09. The van der Waals surface area contributed by atoms with Crippen LogP contribution < -0.4 is 16.4 Å². The van der Waals surface area contributed by atoms with Gasteiger partial charge in [0.1, 0.15) is 18.1 Å². The molecule has 0 saturated carbocycles. The summed E-state index contributed by atoms with van der Waals surface area (Å²) in [6.07, 6.45) is 3.70. The molecule has 0 aliphatic carbocycles. The summed E-state index contributed by atoms with van der Waals surface area (Å²) in [5, 5.41) is 23.7. The number of carbonyl (C=O) groups is 4. The monoisotopic (exact) mass is 442 g/mol. The molecule has 4 unspecified atom stereocenters. The maximum atomic E-state index is 12.8. The number of thiol groups is 1. The largest absolute Gasteiger partial charge is 0.480 e. The lowest BCUT2D eigenvalue weighted by Crippen LogP contribution is -2.58. The Morgan fingerprint density at radius 3 is 2.63 bits per heavy atom. The first-order valence-corrected chi connectivity index (χ1v) is 10.00. The molecule has 0 spiro atoms. The number of H-pyrrole nitrogens is 1. The number of carboxylic acid groups (broad SMARTS) is 1. The molecule has 30 heavy (non-hydrogen) atoms. The number of aliphatic carboxylic acids is 1. The van der Waals surface area contributed by atoms with E-state index in [2.05, 4.69) is 33.2 Å². The minimum absolute atomic E-state index is 0.00131. The number of nitrogens with zero attached hydrogens (tertiary/aromatic N) is 2. The molecule has 1 aliphatic rings. The smallest absolute Gasteiger partial charge is 0.326 e. The number of aromatic nitrogens is 2. The van der Waals surface area contributed by atoms with Gasteiger partial charge in [-0.15, -0.1) is 0 Å². The Kier molecular flexibility index (Phi) is 8.62. The van der Waals surface area contributed by atoms with E-state index in [4.69, 9.17) is 5.73 Å². The first-order chi connectivity index (χ1) is 14.3. The van der Waals surface area contributed by atoms with E-state index in [0.29, 0.717) is 18.5 Å². The van der Waals surface area contributed by atoms with Crippen LogP contribution in [0, 0.1) is 0 Å². The van der Waals surface area contributed by atoms with Gasteiger partial charge in [0.2, 0.25) is 17.7 Å². The van der Waals surface area contributed by atoms with Crippen molar-refractivity contribution in [1.82, 2.24) is 25.5 Å². The lowest BCUT2D eigenvalue weighted by Gasteiger charge is -2.29. The molecule has 12 nitrogen and oxygen atoms in total. The van der Waals surface area contributed by atoms with Gasteiger partial charge in [-0.1, -0.05) is 0 Å². The molecule has 1 aliphatic heterocycles.